The molecule has 0 aromatic carbocycles. The van der Waals surface area contributed by atoms with Crippen LogP contribution >= 0.6 is 7.60 Å². The SMILES string of the molecule is O=C(NC1CCCCC1)P(=O)(O)O.[NaH]. The van der Waals surface area contributed by atoms with Crippen molar-refractivity contribution in [3.05, 3.63) is 0 Å². The molecule has 1 aliphatic rings. The molecule has 0 atom stereocenters. The molecule has 0 saturated heterocycles. The second kappa shape index (κ2) is 6.26. The van der Waals surface area contributed by atoms with E-state index < -0.39 is 13.2 Å². The third-order valence-corrected chi connectivity index (χ3v) is 2.86. The van der Waals surface area contributed by atoms with E-state index in [9.17, 15) is 9.36 Å². The van der Waals surface area contributed by atoms with Crippen molar-refractivity contribution in [2.45, 2.75) is 38.1 Å². The molecule has 0 aromatic rings. The Hall–Kier alpha value is 0.620. The van der Waals surface area contributed by atoms with Crippen LogP contribution < -0.4 is 5.32 Å². The molecular weight excluding hydrogens is 216 g/mol. The Morgan fingerprint density at radius 2 is 1.71 bits per heavy atom. The summed E-state index contributed by atoms with van der Waals surface area (Å²) in [5, 5.41) is 2.36. The molecule has 1 aliphatic carbocycles. The summed E-state index contributed by atoms with van der Waals surface area (Å²) in [7, 11) is -4.57. The van der Waals surface area contributed by atoms with Gasteiger partial charge in [0, 0.05) is 6.04 Å². The van der Waals surface area contributed by atoms with E-state index in [4.69, 9.17) is 9.79 Å². The van der Waals surface area contributed by atoms with E-state index in [0.717, 1.165) is 32.1 Å². The van der Waals surface area contributed by atoms with Crippen molar-refractivity contribution in [1.82, 2.24) is 5.32 Å². The first kappa shape index (κ1) is 14.6. The van der Waals surface area contributed by atoms with Crippen LogP contribution in [0.4, 0.5) is 4.79 Å². The van der Waals surface area contributed by atoms with Crippen molar-refractivity contribution in [2.75, 3.05) is 0 Å². The summed E-state index contributed by atoms with van der Waals surface area (Å²) in [5.74, 6) is 0. The zero-order valence-electron chi connectivity index (χ0n) is 7.27. The minimum atomic E-state index is -4.57. The quantitative estimate of drug-likeness (QED) is 0.478. The van der Waals surface area contributed by atoms with Crippen molar-refractivity contribution in [3.63, 3.8) is 0 Å². The molecule has 3 N–H and O–H groups in total. The van der Waals surface area contributed by atoms with E-state index in [1.165, 1.54) is 0 Å². The van der Waals surface area contributed by atoms with Gasteiger partial charge in [0.15, 0.2) is 0 Å². The predicted molar refractivity (Wildman–Crippen MR) is 54.6 cm³/mol. The van der Waals surface area contributed by atoms with E-state index in [1.807, 2.05) is 0 Å². The van der Waals surface area contributed by atoms with Gasteiger partial charge in [0.25, 0.3) is 0 Å². The van der Waals surface area contributed by atoms with Gasteiger partial charge in [0.2, 0.25) is 0 Å². The normalized spacial score (nSPS) is 18.4. The van der Waals surface area contributed by atoms with E-state index in [-0.39, 0.29) is 35.6 Å². The molecule has 5 nitrogen and oxygen atoms in total. The van der Waals surface area contributed by atoms with Gasteiger partial charge in [-0.1, -0.05) is 19.3 Å². The molecule has 1 amide bonds. The van der Waals surface area contributed by atoms with Crippen LogP contribution in [-0.2, 0) is 4.57 Å². The van der Waals surface area contributed by atoms with E-state index in [2.05, 4.69) is 5.32 Å². The second-order valence-electron chi connectivity index (χ2n) is 3.33. The van der Waals surface area contributed by atoms with Gasteiger partial charge in [-0.2, -0.15) is 0 Å². The van der Waals surface area contributed by atoms with Crippen LogP contribution in [0.3, 0.4) is 0 Å². The number of amides is 1. The van der Waals surface area contributed by atoms with Gasteiger partial charge in [-0.05, 0) is 12.8 Å². The molecule has 0 bridgehead atoms. The number of hydrogen-bond acceptors (Lipinski definition) is 2. The zero-order valence-corrected chi connectivity index (χ0v) is 8.17. The summed E-state index contributed by atoms with van der Waals surface area (Å²) in [4.78, 5) is 27.9. The summed E-state index contributed by atoms with van der Waals surface area (Å²) < 4.78 is 10.5. The molecular formula is C7H15NNaO4P. The Kier molecular flexibility index (Phi) is 6.53. The van der Waals surface area contributed by atoms with Gasteiger partial charge in [-0.25, -0.2) is 4.57 Å². The molecule has 1 rings (SSSR count). The molecule has 1 saturated carbocycles. The molecule has 0 radical (unpaired) electrons. The van der Waals surface area contributed by atoms with Crippen LogP contribution in [0.25, 0.3) is 0 Å². The van der Waals surface area contributed by atoms with Gasteiger partial charge < -0.3 is 15.1 Å². The number of carbonyl (C=O) groups is 1. The molecule has 7 heteroatoms. The molecule has 14 heavy (non-hydrogen) atoms. The maximum atomic E-state index is 10.9. The van der Waals surface area contributed by atoms with Crippen molar-refractivity contribution >= 4 is 42.8 Å². The maximum absolute atomic E-state index is 10.9. The van der Waals surface area contributed by atoms with Gasteiger partial charge in [-0.3, -0.25) is 4.79 Å². The van der Waals surface area contributed by atoms with Crippen LogP contribution in [-0.4, -0.2) is 51.0 Å². The third-order valence-electron chi connectivity index (χ3n) is 2.20. The first-order chi connectivity index (χ1) is 6.00. The van der Waals surface area contributed by atoms with Gasteiger partial charge in [0.1, 0.15) is 0 Å². The van der Waals surface area contributed by atoms with Crippen LogP contribution in [0.15, 0.2) is 0 Å². The van der Waals surface area contributed by atoms with Gasteiger partial charge in [0.05, 0.1) is 0 Å². The predicted octanol–water partition coefficient (Wildman–Crippen LogP) is 0.558. The Bertz CT molecular complexity index is 236. The van der Waals surface area contributed by atoms with Crippen LogP contribution in [0.2, 0.25) is 0 Å². The third kappa shape index (κ3) is 4.91. The van der Waals surface area contributed by atoms with E-state index in [1.54, 1.807) is 0 Å². The molecule has 0 aromatic heterocycles. The standard InChI is InChI=1S/C7H14NO4P.Na.H/c9-7(13(10,11)12)8-6-4-2-1-3-5-6;;/h6H,1-5H2,(H,8,9)(H2,10,11,12);;. The summed E-state index contributed by atoms with van der Waals surface area (Å²) in [6.45, 7) is 0. The van der Waals surface area contributed by atoms with Crippen LogP contribution in [0, 0.1) is 0 Å². The number of rotatable bonds is 2. The monoisotopic (exact) mass is 231 g/mol. The number of nitrogens with one attached hydrogen (secondary N) is 1. The number of carbonyl (C=O) groups excluding carboxylic acids is 1. The van der Waals surface area contributed by atoms with Crippen molar-refractivity contribution in [1.29, 1.82) is 0 Å². The average Bonchev–Trinajstić information content (AvgIpc) is 2.04. The summed E-state index contributed by atoms with van der Waals surface area (Å²) >= 11 is 0. The molecule has 0 unspecified atom stereocenters. The van der Waals surface area contributed by atoms with Crippen molar-refractivity contribution in [3.8, 4) is 0 Å². The Labute approximate surface area is 105 Å². The van der Waals surface area contributed by atoms with Crippen molar-refractivity contribution < 1.29 is 19.1 Å². The molecule has 78 valence electrons. The fourth-order valence-electron chi connectivity index (χ4n) is 1.51. The van der Waals surface area contributed by atoms with Gasteiger partial charge >= 0.3 is 42.8 Å². The summed E-state index contributed by atoms with van der Waals surface area (Å²) in [5.41, 5.74) is -1.14. The summed E-state index contributed by atoms with van der Waals surface area (Å²) in [6.07, 6.45) is 4.83. The fraction of sp³-hybridized carbons (Fsp3) is 0.857. The molecule has 1 fully saturated rings. The first-order valence-corrected chi connectivity index (χ1v) is 5.98. The van der Waals surface area contributed by atoms with Gasteiger partial charge in [-0.15, -0.1) is 0 Å². The van der Waals surface area contributed by atoms with Crippen LogP contribution in [0.1, 0.15) is 32.1 Å². The average molecular weight is 231 g/mol. The van der Waals surface area contributed by atoms with E-state index >= 15 is 0 Å². The molecule has 0 spiro atoms. The minimum absolute atomic E-state index is 0. The van der Waals surface area contributed by atoms with Crippen LogP contribution in [0.5, 0.6) is 0 Å². The Morgan fingerprint density at radius 1 is 1.21 bits per heavy atom. The molecule has 0 heterocycles. The van der Waals surface area contributed by atoms with Crippen molar-refractivity contribution in [2.24, 2.45) is 0 Å². The zero-order chi connectivity index (χ0) is 9.90. The molecule has 0 aliphatic heterocycles. The summed E-state index contributed by atoms with van der Waals surface area (Å²) in [6, 6.07) is -0.0473. The Balaban J connectivity index is 0.00000169. The topological polar surface area (TPSA) is 86.6 Å². The second-order valence-corrected chi connectivity index (χ2v) is 4.82. The Morgan fingerprint density at radius 3 is 2.14 bits per heavy atom. The number of hydrogen-bond donors (Lipinski definition) is 3. The van der Waals surface area contributed by atoms with E-state index in [0.29, 0.717) is 0 Å². The first-order valence-electron chi connectivity index (χ1n) is 4.37. The fourth-order valence-corrected chi connectivity index (χ4v) is 1.86.